The number of nitrogens with zero attached hydrogens (tertiary/aromatic N) is 3. The number of nitrogens with one attached hydrogen (secondary N) is 4. The van der Waals surface area contributed by atoms with Crippen LogP contribution in [0.2, 0.25) is 0 Å². The van der Waals surface area contributed by atoms with Gasteiger partial charge in [0, 0.05) is 12.6 Å². The molecule has 19 heteroatoms. The summed E-state index contributed by atoms with van der Waals surface area (Å²) in [4.78, 5) is 16.7. The van der Waals surface area contributed by atoms with Crippen molar-refractivity contribution in [1.29, 1.82) is 0 Å². The van der Waals surface area contributed by atoms with Gasteiger partial charge in [-0.05, 0) is 49.3 Å². The first-order chi connectivity index (χ1) is 20.7. The first kappa shape index (κ1) is 35.7. The Hall–Kier alpha value is -2.74. The molecule has 0 spiro atoms. The number of aliphatic hydroxyl groups is 2. The van der Waals surface area contributed by atoms with Crippen molar-refractivity contribution in [3.8, 4) is 0 Å². The van der Waals surface area contributed by atoms with Gasteiger partial charge in [-0.15, -0.1) is 0 Å². The quantitative estimate of drug-likeness (QED) is 0.0820. The van der Waals surface area contributed by atoms with Gasteiger partial charge in [0.25, 0.3) is 12.3 Å². The van der Waals surface area contributed by atoms with E-state index in [1.54, 1.807) is 13.8 Å². The number of aliphatic hydroxyl groups excluding tert-OH is 1. The summed E-state index contributed by atoms with van der Waals surface area (Å²) in [6, 6.07) is 0.335. The van der Waals surface area contributed by atoms with E-state index in [1.807, 2.05) is 4.72 Å². The number of hydrogen-bond donors (Lipinski definition) is 6. The number of aromatic nitrogens is 3. The largest absolute Gasteiger partial charge is 0.390 e. The highest BCUT2D eigenvalue weighted by Crippen LogP contribution is 2.30. The van der Waals surface area contributed by atoms with Crippen LogP contribution in [0.3, 0.4) is 0 Å². The molecular formula is C25H37F4N7O6S2. The molecule has 0 bridgehead atoms. The second-order valence-corrected chi connectivity index (χ2v) is 13.6. The maximum absolute atomic E-state index is 13.1. The molecule has 2 aromatic heterocycles. The molecule has 2 atom stereocenters. The molecule has 248 valence electrons. The number of pyridine rings is 1. The fourth-order valence-electron chi connectivity index (χ4n) is 4.59. The molecule has 1 amide bonds. The van der Waals surface area contributed by atoms with Gasteiger partial charge in [-0.25, -0.2) is 40.3 Å². The van der Waals surface area contributed by atoms with Gasteiger partial charge in [0.05, 0.1) is 35.8 Å². The Morgan fingerprint density at radius 3 is 2.50 bits per heavy atom. The number of thioether (sulfide) groups is 1. The number of carbonyl (C=O) groups excluding carboxylic acids is 1. The number of sulfonamides is 1. The van der Waals surface area contributed by atoms with E-state index in [2.05, 4.69) is 35.9 Å². The topological polar surface area (TPSA) is 192 Å². The average Bonchev–Trinajstić information content (AvgIpc) is 3.42. The number of anilines is 2. The fourth-order valence-corrected chi connectivity index (χ4v) is 6.34. The van der Waals surface area contributed by atoms with E-state index in [-0.39, 0.29) is 41.1 Å². The van der Waals surface area contributed by atoms with Crippen LogP contribution in [0, 0.1) is 5.92 Å². The Morgan fingerprint density at radius 1 is 1.16 bits per heavy atom. The van der Waals surface area contributed by atoms with Crippen molar-refractivity contribution in [2.24, 2.45) is 5.92 Å². The van der Waals surface area contributed by atoms with Crippen molar-refractivity contribution >= 4 is 39.2 Å². The predicted octanol–water partition coefficient (Wildman–Crippen LogP) is 3.05. The smallest absolute Gasteiger partial charge is 0.276 e. The molecule has 0 aromatic carbocycles. The van der Waals surface area contributed by atoms with Gasteiger partial charge in [0.1, 0.15) is 16.9 Å². The van der Waals surface area contributed by atoms with Gasteiger partial charge >= 0.3 is 0 Å². The number of carbonyl (C=O) groups is 1. The van der Waals surface area contributed by atoms with Crippen LogP contribution in [-0.2, 0) is 10.0 Å². The maximum atomic E-state index is 13.1. The number of halogens is 4. The molecule has 2 aromatic rings. The Labute approximate surface area is 256 Å². The van der Waals surface area contributed by atoms with Crippen molar-refractivity contribution in [1.82, 2.24) is 25.3 Å². The van der Waals surface area contributed by atoms with E-state index in [1.165, 1.54) is 6.07 Å². The van der Waals surface area contributed by atoms with Crippen LogP contribution in [0.5, 0.6) is 0 Å². The zero-order valence-corrected chi connectivity index (χ0v) is 25.7. The summed E-state index contributed by atoms with van der Waals surface area (Å²) in [7, 11) is -4.42. The van der Waals surface area contributed by atoms with Crippen LogP contribution in [0.4, 0.5) is 29.1 Å². The van der Waals surface area contributed by atoms with Gasteiger partial charge in [0.15, 0.2) is 5.03 Å². The summed E-state index contributed by atoms with van der Waals surface area (Å²) in [6.45, 7) is 2.10. The molecule has 6 N–H and O–H groups in total. The Morgan fingerprint density at radius 2 is 1.86 bits per heavy atom. The van der Waals surface area contributed by atoms with Gasteiger partial charge in [-0.1, -0.05) is 31.0 Å². The third-order valence-electron chi connectivity index (χ3n) is 6.75. The molecule has 2 heterocycles. The van der Waals surface area contributed by atoms with E-state index in [4.69, 9.17) is 0 Å². The fraction of sp³-hybridized carbons (Fsp3) is 0.680. The molecule has 13 nitrogen and oxygen atoms in total. The number of rotatable bonds is 17. The van der Waals surface area contributed by atoms with E-state index < -0.39 is 63.8 Å². The normalized spacial score (nSPS) is 16.2. The second kappa shape index (κ2) is 16.0. The van der Waals surface area contributed by atoms with Crippen molar-refractivity contribution in [2.45, 2.75) is 93.0 Å². The zero-order chi connectivity index (χ0) is 32.5. The molecule has 3 rings (SSSR count). The lowest BCUT2D eigenvalue weighted by atomic mass is 9.83. The summed E-state index contributed by atoms with van der Waals surface area (Å²) < 4.78 is 82.8. The van der Waals surface area contributed by atoms with Crippen molar-refractivity contribution in [3.63, 3.8) is 0 Å². The molecule has 1 aliphatic rings. The molecule has 1 aliphatic carbocycles. The lowest BCUT2D eigenvalue weighted by Crippen LogP contribution is -2.52. The average molecular weight is 672 g/mol. The van der Waals surface area contributed by atoms with Crippen LogP contribution < -0.4 is 20.7 Å². The maximum Gasteiger partial charge on any atom is 0.276 e. The molecule has 0 saturated heterocycles. The van der Waals surface area contributed by atoms with Crippen molar-refractivity contribution in [3.05, 3.63) is 18.0 Å². The van der Waals surface area contributed by atoms with Crippen LogP contribution in [0.25, 0.3) is 0 Å². The van der Waals surface area contributed by atoms with Crippen LogP contribution in [0.1, 0.15) is 62.9 Å². The molecule has 0 radical (unpaired) electrons. The monoisotopic (exact) mass is 671 g/mol. The molecule has 1 fully saturated rings. The Bertz CT molecular complexity index is 1320. The molecule has 44 heavy (non-hydrogen) atoms. The number of alkyl halides is 4. The summed E-state index contributed by atoms with van der Waals surface area (Å²) in [5, 5.41) is 36.6. The lowest BCUT2D eigenvalue weighted by molar-refractivity contribution is 0.0738. The first-order valence-electron chi connectivity index (χ1n) is 13.9. The van der Waals surface area contributed by atoms with E-state index >= 15 is 0 Å². The Kier molecular flexibility index (Phi) is 13.0. The lowest BCUT2D eigenvalue weighted by Gasteiger charge is -2.34. The van der Waals surface area contributed by atoms with Crippen molar-refractivity contribution in [2.75, 3.05) is 29.5 Å². The van der Waals surface area contributed by atoms with Crippen LogP contribution in [-0.4, -0.2) is 89.4 Å². The minimum absolute atomic E-state index is 0.0117. The van der Waals surface area contributed by atoms with Gasteiger partial charge < -0.3 is 26.2 Å². The van der Waals surface area contributed by atoms with E-state index in [0.717, 1.165) is 25.5 Å². The summed E-state index contributed by atoms with van der Waals surface area (Å²) in [5.41, 5.74) is -1.44. The zero-order valence-electron chi connectivity index (χ0n) is 24.1. The number of hydrogen-bond acceptors (Lipinski definition) is 12. The summed E-state index contributed by atoms with van der Waals surface area (Å²) >= 11 is 0.597. The van der Waals surface area contributed by atoms with Crippen LogP contribution >= 0.6 is 11.8 Å². The molecule has 1 saturated carbocycles. The van der Waals surface area contributed by atoms with Gasteiger partial charge in [-0.3, -0.25) is 4.79 Å². The second-order valence-electron chi connectivity index (χ2n) is 10.9. The highest BCUT2D eigenvalue weighted by molar-refractivity contribution is 7.99. The molecule has 0 unspecified atom stereocenters. The van der Waals surface area contributed by atoms with E-state index in [9.17, 15) is 41.0 Å². The molecule has 0 aliphatic heterocycles. The van der Waals surface area contributed by atoms with Crippen molar-refractivity contribution < 1.29 is 45.6 Å². The van der Waals surface area contributed by atoms with E-state index in [0.29, 0.717) is 24.6 Å². The predicted molar refractivity (Wildman–Crippen MR) is 153 cm³/mol. The SMILES string of the molecule is CC(C)(O)CCNc1cc(N[C@@H](O)[C@@H](NC(=O)c2nonc2SCC(F)F)C2CCCCC2)ncc1S(=O)(=O)NCC(F)F. The highest BCUT2D eigenvalue weighted by Gasteiger charge is 2.34. The highest BCUT2D eigenvalue weighted by atomic mass is 32.2. The third-order valence-corrected chi connectivity index (χ3v) is 9.16. The number of amides is 1. The van der Waals surface area contributed by atoms with Crippen LogP contribution in [0.15, 0.2) is 26.8 Å². The third kappa shape index (κ3) is 11.0. The minimum Gasteiger partial charge on any atom is -0.390 e. The Balaban J connectivity index is 1.85. The van der Waals surface area contributed by atoms with Gasteiger partial charge in [0.2, 0.25) is 22.1 Å². The molecular weight excluding hydrogens is 634 g/mol. The first-order valence-corrected chi connectivity index (χ1v) is 16.4. The summed E-state index contributed by atoms with van der Waals surface area (Å²) in [5.74, 6) is -1.64. The summed E-state index contributed by atoms with van der Waals surface area (Å²) in [6.07, 6.45) is -1.93. The van der Waals surface area contributed by atoms with Gasteiger partial charge in [-0.2, -0.15) is 0 Å². The standard InChI is InChI=1S/C25H37F4N7O6S2/c1-25(2,39)8-9-30-15-10-19(31-11-16(15)44(40,41)32-12-17(26)27)33-22(37)20(14-6-4-3-5-7-14)34-23(38)21-24(36-42-35-21)43-13-18(28)29/h10-11,14,17-18,20,22,32,37,39H,3-9,12-13H2,1-2H3,(H,34,38)(H2,30,31,33)/t20-,22-/m0/s1. The minimum atomic E-state index is -4.42.